The highest BCUT2D eigenvalue weighted by Crippen LogP contribution is 2.24. The summed E-state index contributed by atoms with van der Waals surface area (Å²) in [7, 11) is 1.40. The molecule has 0 aliphatic carbocycles. The van der Waals surface area contributed by atoms with E-state index in [0.29, 0.717) is 13.0 Å². The first-order valence-corrected chi connectivity index (χ1v) is 6.63. The van der Waals surface area contributed by atoms with Gasteiger partial charge in [0.25, 0.3) is 0 Å². The van der Waals surface area contributed by atoms with Crippen molar-refractivity contribution in [3.8, 4) is 5.75 Å². The molecular weight excluding hydrogens is 298 g/mol. The number of esters is 1. The molecule has 1 fully saturated rings. The highest BCUT2D eigenvalue weighted by molar-refractivity contribution is 9.10. The van der Waals surface area contributed by atoms with Crippen molar-refractivity contribution < 1.29 is 14.3 Å². The van der Waals surface area contributed by atoms with Gasteiger partial charge in [-0.15, -0.1) is 0 Å². The number of carbonyl (C=O) groups excluding carboxylic acids is 1. The first-order chi connectivity index (χ1) is 8.60. The number of benzene rings is 1. The minimum atomic E-state index is -0.253. The van der Waals surface area contributed by atoms with E-state index in [1.54, 1.807) is 0 Å². The maximum absolute atomic E-state index is 11.4. The van der Waals surface area contributed by atoms with Crippen molar-refractivity contribution in [2.24, 2.45) is 0 Å². The van der Waals surface area contributed by atoms with Gasteiger partial charge in [-0.3, -0.25) is 4.79 Å². The predicted octanol–water partition coefficient (Wildman–Crippen LogP) is 2.04. The molecule has 18 heavy (non-hydrogen) atoms. The van der Waals surface area contributed by atoms with Crippen LogP contribution in [0.1, 0.15) is 12.0 Å². The van der Waals surface area contributed by atoms with Crippen LogP contribution in [0, 0.1) is 6.92 Å². The number of hydrogen-bond donors (Lipinski definition) is 1. The van der Waals surface area contributed by atoms with Crippen molar-refractivity contribution in [1.82, 2.24) is 5.32 Å². The molecule has 1 heterocycles. The van der Waals surface area contributed by atoms with Crippen molar-refractivity contribution in [3.63, 3.8) is 0 Å². The summed E-state index contributed by atoms with van der Waals surface area (Å²) in [4.78, 5) is 11.4. The van der Waals surface area contributed by atoms with E-state index in [4.69, 9.17) is 9.47 Å². The zero-order chi connectivity index (χ0) is 13.1. The molecule has 1 aliphatic rings. The van der Waals surface area contributed by atoms with E-state index in [9.17, 15) is 4.79 Å². The Bertz CT molecular complexity index is 450. The fourth-order valence-electron chi connectivity index (χ4n) is 2.00. The van der Waals surface area contributed by atoms with Crippen molar-refractivity contribution in [3.05, 3.63) is 28.2 Å². The summed E-state index contributed by atoms with van der Waals surface area (Å²) in [5.41, 5.74) is 1.13. The summed E-state index contributed by atoms with van der Waals surface area (Å²) in [6.07, 6.45) is 0.650. The van der Waals surface area contributed by atoms with Gasteiger partial charge in [-0.1, -0.05) is 15.9 Å². The molecule has 0 spiro atoms. The Kier molecular flexibility index (Phi) is 4.24. The Balaban J connectivity index is 1.95. The quantitative estimate of drug-likeness (QED) is 0.868. The van der Waals surface area contributed by atoms with Gasteiger partial charge in [0.05, 0.1) is 7.11 Å². The van der Waals surface area contributed by atoms with Crippen LogP contribution in [-0.4, -0.2) is 31.8 Å². The van der Waals surface area contributed by atoms with Gasteiger partial charge < -0.3 is 14.8 Å². The molecule has 2 rings (SSSR count). The fourth-order valence-corrected chi connectivity index (χ4v) is 2.24. The highest BCUT2D eigenvalue weighted by Gasteiger charge is 2.31. The lowest BCUT2D eigenvalue weighted by Gasteiger charge is -2.13. The zero-order valence-corrected chi connectivity index (χ0v) is 12.0. The van der Waals surface area contributed by atoms with Crippen LogP contribution in [0.3, 0.4) is 0 Å². The summed E-state index contributed by atoms with van der Waals surface area (Å²) in [6, 6.07) is 5.61. The highest BCUT2D eigenvalue weighted by atomic mass is 79.9. The molecule has 0 radical (unpaired) electrons. The van der Waals surface area contributed by atoms with Crippen LogP contribution in [0.5, 0.6) is 5.75 Å². The van der Waals surface area contributed by atoms with E-state index in [2.05, 4.69) is 21.2 Å². The zero-order valence-electron chi connectivity index (χ0n) is 10.4. The second-order valence-corrected chi connectivity index (χ2v) is 5.22. The molecule has 2 unspecified atom stereocenters. The number of ether oxygens (including phenoxy) is 2. The van der Waals surface area contributed by atoms with Gasteiger partial charge in [0.2, 0.25) is 0 Å². The second-order valence-electron chi connectivity index (χ2n) is 4.37. The molecule has 0 bridgehead atoms. The topological polar surface area (TPSA) is 47.6 Å². The largest absolute Gasteiger partial charge is 0.489 e. The monoisotopic (exact) mass is 313 g/mol. The molecule has 2 atom stereocenters. The van der Waals surface area contributed by atoms with Gasteiger partial charge >= 0.3 is 5.97 Å². The molecule has 1 aromatic carbocycles. The van der Waals surface area contributed by atoms with Crippen LogP contribution in [0.4, 0.5) is 0 Å². The van der Waals surface area contributed by atoms with Crippen molar-refractivity contribution in [2.75, 3.05) is 13.7 Å². The Morgan fingerprint density at radius 1 is 1.50 bits per heavy atom. The molecule has 0 amide bonds. The van der Waals surface area contributed by atoms with Crippen molar-refractivity contribution >= 4 is 21.9 Å². The fraction of sp³-hybridized carbons (Fsp3) is 0.462. The molecule has 1 saturated heterocycles. The molecule has 0 saturated carbocycles. The summed E-state index contributed by atoms with van der Waals surface area (Å²) in [6.45, 7) is 2.68. The van der Waals surface area contributed by atoms with Crippen LogP contribution >= 0.6 is 15.9 Å². The number of rotatable bonds is 3. The number of carbonyl (C=O) groups is 1. The lowest BCUT2D eigenvalue weighted by atomic mass is 10.2. The molecular formula is C13H16BrNO3. The summed E-state index contributed by atoms with van der Waals surface area (Å²) < 4.78 is 11.6. The molecule has 98 valence electrons. The van der Waals surface area contributed by atoms with Crippen LogP contribution in [-0.2, 0) is 9.53 Å². The van der Waals surface area contributed by atoms with Crippen molar-refractivity contribution in [2.45, 2.75) is 25.5 Å². The third-order valence-corrected chi connectivity index (χ3v) is 3.90. The van der Waals surface area contributed by atoms with Gasteiger partial charge in [-0.2, -0.15) is 0 Å². The van der Waals surface area contributed by atoms with E-state index in [-0.39, 0.29) is 18.1 Å². The van der Waals surface area contributed by atoms with Crippen LogP contribution < -0.4 is 10.1 Å². The average Bonchev–Trinajstić information content (AvgIpc) is 2.81. The Morgan fingerprint density at radius 3 is 2.94 bits per heavy atom. The maximum Gasteiger partial charge on any atom is 0.323 e. The maximum atomic E-state index is 11.4. The number of methoxy groups -OCH3 is 1. The molecule has 1 aromatic rings. The van der Waals surface area contributed by atoms with Crippen LogP contribution in [0.15, 0.2) is 22.7 Å². The van der Waals surface area contributed by atoms with E-state index in [1.165, 1.54) is 7.11 Å². The van der Waals surface area contributed by atoms with E-state index in [0.717, 1.165) is 15.8 Å². The second kappa shape index (κ2) is 5.71. The van der Waals surface area contributed by atoms with Crippen molar-refractivity contribution in [1.29, 1.82) is 0 Å². The average molecular weight is 314 g/mol. The molecule has 0 aromatic heterocycles. The normalized spacial score (nSPS) is 22.8. The first-order valence-electron chi connectivity index (χ1n) is 5.84. The summed E-state index contributed by atoms with van der Waals surface area (Å²) >= 11 is 3.45. The third kappa shape index (κ3) is 3.03. The molecule has 1 N–H and O–H groups in total. The smallest absolute Gasteiger partial charge is 0.323 e. The van der Waals surface area contributed by atoms with Gasteiger partial charge in [0.15, 0.2) is 0 Å². The number of aryl methyl sites for hydroxylation is 1. The van der Waals surface area contributed by atoms with Gasteiger partial charge in [-0.25, -0.2) is 0 Å². The molecule has 5 heteroatoms. The van der Waals surface area contributed by atoms with Crippen LogP contribution in [0.25, 0.3) is 0 Å². The van der Waals surface area contributed by atoms with E-state index < -0.39 is 0 Å². The number of halogens is 1. The Morgan fingerprint density at radius 2 is 2.28 bits per heavy atom. The summed E-state index contributed by atoms with van der Waals surface area (Å²) in [5.74, 6) is 0.598. The number of hydrogen-bond acceptors (Lipinski definition) is 4. The SMILES string of the molecule is COC(=O)C1CC(Oc2ccc(Br)c(C)c2)CN1. The number of nitrogens with one attached hydrogen (secondary N) is 1. The van der Waals surface area contributed by atoms with E-state index in [1.807, 2.05) is 25.1 Å². The minimum absolute atomic E-state index is 0.00896. The van der Waals surface area contributed by atoms with Gasteiger partial charge in [0, 0.05) is 17.4 Å². The third-order valence-electron chi connectivity index (χ3n) is 3.01. The van der Waals surface area contributed by atoms with Gasteiger partial charge in [0.1, 0.15) is 17.9 Å². The first kappa shape index (κ1) is 13.4. The standard InChI is InChI=1S/C13H16BrNO3/c1-8-5-9(3-4-11(8)14)18-10-6-12(15-7-10)13(16)17-2/h3-5,10,12,15H,6-7H2,1-2H3. The lowest BCUT2D eigenvalue weighted by molar-refractivity contribution is -0.142. The predicted molar refractivity (Wildman–Crippen MR) is 71.7 cm³/mol. The molecule has 4 nitrogen and oxygen atoms in total. The van der Waals surface area contributed by atoms with E-state index >= 15 is 0 Å². The van der Waals surface area contributed by atoms with Crippen LogP contribution in [0.2, 0.25) is 0 Å². The molecule has 1 aliphatic heterocycles. The Labute approximate surface area is 115 Å². The van der Waals surface area contributed by atoms with Gasteiger partial charge in [-0.05, 0) is 30.7 Å². The summed E-state index contributed by atoms with van der Waals surface area (Å²) in [5, 5.41) is 3.09. The Hall–Kier alpha value is -1.07. The minimum Gasteiger partial charge on any atom is -0.489 e. The lowest BCUT2D eigenvalue weighted by Crippen LogP contribution is -2.31.